The summed E-state index contributed by atoms with van der Waals surface area (Å²) in [5.74, 6) is 0.271. The fourth-order valence-corrected chi connectivity index (χ4v) is 2.17. The lowest BCUT2D eigenvalue weighted by Gasteiger charge is -2.15. The second-order valence-electron chi connectivity index (χ2n) is 5.67. The zero-order valence-corrected chi connectivity index (χ0v) is 13.7. The Bertz CT molecular complexity index is 668. The average Bonchev–Trinajstić information content (AvgIpc) is 2.52. The highest BCUT2D eigenvalue weighted by atomic mass is 19.1. The highest BCUT2D eigenvalue weighted by Gasteiger charge is 2.14. The molecule has 2 aromatic rings. The van der Waals surface area contributed by atoms with Crippen LogP contribution in [0.2, 0.25) is 0 Å². The second-order valence-corrected chi connectivity index (χ2v) is 5.67. The molecular weight excluding hydrogens is 293 g/mol. The maximum atomic E-state index is 12.8. The van der Waals surface area contributed by atoms with Crippen LogP contribution in [0, 0.1) is 19.7 Å². The first-order valence-corrected chi connectivity index (χ1v) is 7.72. The van der Waals surface area contributed by atoms with Crippen LogP contribution < -0.4 is 10.1 Å². The van der Waals surface area contributed by atoms with Crippen molar-refractivity contribution in [3.63, 3.8) is 0 Å². The molecule has 23 heavy (non-hydrogen) atoms. The Morgan fingerprint density at radius 2 is 1.83 bits per heavy atom. The standard InChI is InChI=1S/C19H22FNO2/c1-13-4-9-18(12-14(13)2)23-15(3)19(22)21-11-10-16-5-7-17(20)8-6-16/h4-9,12,15H,10-11H2,1-3H3,(H,21,22). The van der Waals surface area contributed by atoms with Gasteiger partial charge < -0.3 is 10.1 Å². The lowest BCUT2D eigenvalue weighted by Crippen LogP contribution is -2.37. The number of halogens is 1. The fourth-order valence-electron chi connectivity index (χ4n) is 2.17. The third-order valence-corrected chi connectivity index (χ3v) is 3.79. The van der Waals surface area contributed by atoms with Crippen molar-refractivity contribution < 1.29 is 13.9 Å². The van der Waals surface area contributed by atoms with Crippen LogP contribution in [0.25, 0.3) is 0 Å². The van der Waals surface area contributed by atoms with Gasteiger partial charge in [-0.15, -0.1) is 0 Å². The van der Waals surface area contributed by atoms with E-state index in [2.05, 4.69) is 5.32 Å². The van der Waals surface area contributed by atoms with Gasteiger partial charge in [-0.3, -0.25) is 4.79 Å². The molecule has 0 aliphatic heterocycles. The van der Waals surface area contributed by atoms with Crippen LogP contribution in [-0.2, 0) is 11.2 Å². The van der Waals surface area contributed by atoms with Gasteiger partial charge in [-0.2, -0.15) is 0 Å². The van der Waals surface area contributed by atoms with E-state index in [9.17, 15) is 9.18 Å². The normalized spacial score (nSPS) is 11.8. The van der Waals surface area contributed by atoms with Crippen molar-refractivity contribution >= 4 is 5.91 Å². The van der Waals surface area contributed by atoms with E-state index in [1.54, 1.807) is 19.1 Å². The van der Waals surface area contributed by atoms with Crippen LogP contribution in [-0.4, -0.2) is 18.6 Å². The Labute approximate surface area is 136 Å². The predicted octanol–water partition coefficient (Wildman–Crippen LogP) is 3.57. The topological polar surface area (TPSA) is 38.3 Å². The van der Waals surface area contributed by atoms with Crippen molar-refractivity contribution in [2.24, 2.45) is 0 Å². The average molecular weight is 315 g/mol. The zero-order chi connectivity index (χ0) is 16.8. The first-order valence-electron chi connectivity index (χ1n) is 7.72. The molecule has 0 aliphatic carbocycles. The summed E-state index contributed by atoms with van der Waals surface area (Å²) in [5.41, 5.74) is 3.30. The molecule has 2 rings (SSSR count). The molecular formula is C19H22FNO2. The summed E-state index contributed by atoms with van der Waals surface area (Å²) in [6.45, 7) is 6.26. The van der Waals surface area contributed by atoms with Crippen LogP contribution in [0.3, 0.4) is 0 Å². The number of ether oxygens (including phenoxy) is 1. The third kappa shape index (κ3) is 5.09. The molecule has 0 bridgehead atoms. The van der Waals surface area contributed by atoms with E-state index in [0.29, 0.717) is 18.7 Å². The van der Waals surface area contributed by atoms with Gasteiger partial charge >= 0.3 is 0 Å². The van der Waals surface area contributed by atoms with Gasteiger partial charge in [0.25, 0.3) is 5.91 Å². The van der Waals surface area contributed by atoms with Gasteiger partial charge in [0.2, 0.25) is 0 Å². The molecule has 0 saturated heterocycles. The van der Waals surface area contributed by atoms with Crippen molar-refractivity contribution in [2.45, 2.75) is 33.3 Å². The molecule has 1 unspecified atom stereocenters. The second kappa shape index (κ2) is 7.77. The number of aryl methyl sites for hydroxylation is 2. The van der Waals surface area contributed by atoms with E-state index >= 15 is 0 Å². The monoisotopic (exact) mass is 315 g/mol. The zero-order valence-electron chi connectivity index (χ0n) is 13.7. The molecule has 1 N–H and O–H groups in total. The Kier molecular flexibility index (Phi) is 5.74. The van der Waals surface area contributed by atoms with Crippen molar-refractivity contribution in [2.75, 3.05) is 6.54 Å². The van der Waals surface area contributed by atoms with Gasteiger partial charge in [-0.1, -0.05) is 18.2 Å². The molecule has 2 aromatic carbocycles. The predicted molar refractivity (Wildman–Crippen MR) is 89.1 cm³/mol. The molecule has 0 saturated carbocycles. The summed E-state index contributed by atoms with van der Waals surface area (Å²) < 4.78 is 18.5. The smallest absolute Gasteiger partial charge is 0.260 e. The summed E-state index contributed by atoms with van der Waals surface area (Å²) in [6, 6.07) is 12.0. The molecule has 0 aromatic heterocycles. The molecule has 122 valence electrons. The molecule has 3 nitrogen and oxygen atoms in total. The number of hydrogen-bond acceptors (Lipinski definition) is 2. The van der Waals surface area contributed by atoms with Crippen LogP contribution in [0.4, 0.5) is 4.39 Å². The third-order valence-electron chi connectivity index (χ3n) is 3.79. The summed E-state index contributed by atoms with van der Waals surface area (Å²) >= 11 is 0. The summed E-state index contributed by atoms with van der Waals surface area (Å²) in [7, 11) is 0. The van der Waals surface area contributed by atoms with Gasteiger partial charge in [0, 0.05) is 6.54 Å². The van der Waals surface area contributed by atoms with E-state index in [1.165, 1.54) is 17.7 Å². The fraction of sp³-hybridized carbons (Fsp3) is 0.316. The van der Waals surface area contributed by atoms with E-state index in [1.807, 2.05) is 32.0 Å². The van der Waals surface area contributed by atoms with Crippen molar-refractivity contribution in [1.29, 1.82) is 0 Å². The summed E-state index contributed by atoms with van der Waals surface area (Å²) in [5, 5.41) is 2.83. The molecule has 4 heteroatoms. The molecule has 1 amide bonds. The van der Waals surface area contributed by atoms with Gasteiger partial charge in [0.1, 0.15) is 11.6 Å². The molecule has 1 atom stereocenters. The Balaban J connectivity index is 1.80. The molecule has 0 aliphatic rings. The molecule has 0 radical (unpaired) electrons. The number of rotatable bonds is 6. The minimum Gasteiger partial charge on any atom is -0.481 e. The van der Waals surface area contributed by atoms with Gasteiger partial charge in [-0.25, -0.2) is 4.39 Å². The highest BCUT2D eigenvalue weighted by molar-refractivity contribution is 5.80. The number of carbonyl (C=O) groups is 1. The van der Waals surface area contributed by atoms with Crippen molar-refractivity contribution in [1.82, 2.24) is 5.32 Å². The van der Waals surface area contributed by atoms with E-state index in [-0.39, 0.29) is 11.7 Å². The van der Waals surface area contributed by atoms with Crippen LogP contribution in [0.15, 0.2) is 42.5 Å². The Hall–Kier alpha value is -2.36. The number of carbonyl (C=O) groups excluding carboxylic acids is 1. The quantitative estimate of drug-likeness (QED) is 0.885. The number of amides is 1. The molecule has 0 spiro atoms. The number of hydrogen-bond donors (Lipinski definition) is 1. The van der Waals surface area contributed by atoms with Crippen molar-refractivity contribution in [3.8, 4) is 5.75 Å². The molecule has 0 fully saturated rings. The SMILES string of the molecule is Cc1ccc(OC(C)C(=O)NCCc2ccc(F)cc2)cc1C. The van der Waals surface area contributed by atoms with Crippen LogP contribution in [0.5, 0.6) is 5.75 Å². The van der Waals surface area contributed by atoms with Gasteiger partial charge in [-0.05, 0) is 68.1 Å². The van der Waals surface area contributed by atoms with E-state index in [4.69, 9.17) is 4.74 Å². The largest absolute Gasteiger partial charge is 0.481 e. The lowest BCUT2D eigenvalue weighted by atomic mass is 10.1. The minimum atomic E-state index is -0.565. The van der Waals surface area contributed by atoms with Crippen LogP contribution in [0.1, 0.15) is 23.6 Å². The van der Waals surface area contributed by atoms with E-state index in [0.717, 1.165) is 11.1 Å². The summed E-state index contributed by atoms with van der Waals surface area (Å²) in [4.78, 5) is 12.0. The Morgan fingerprint density at radius 1 is 1.13 bits per heavy atom. The van der Waals surface area contributed by atoms with E-state index < -0.39 is 6.10 Å². The first-order chi connectivity index (χ1) is 11.0. The summed E-state index contributed by atoms with van der Waals surface area (Å²) in [6.07, 6.45) is 0.0906. The maximum Gasteiger partial charge on any atom is 0.260 e. The maximum absolute atomic E-state index is 12.8. The lowest BCUT2D eigenvalue weighted by molar-refractivity contribution is -0.127. The Morgan fingerprint density at radius 3 is 2.48 bits per heavy atom. The van der Waals surface area contributed by atoms with Crippen LogP contribution >= 0.6 is 0 Å². The van der Waals surface area contributed by atoms with Gasteiger partial charge in [0.15, 0.2) is 6.10 Å². The first kappa shape index (κ1) is 17.0. The van der Waals surface area contributed by atoms with Gasteiger partial charge in [0.05, 0.1) is 0 Å². The van der Waals surface area contributed by atoms with Crippen molar-refractivity contribution in [3.05, 3.63) is 65.0 Å². The number of nitrogens with one attached hydrogen (secondary N) is 1. The minimum absolute atomic E-state index is 0.162. The highest BCUT2D eigenvalue weighted by Crippen LogP contribution is 2.17. The molecule has 0 heterocycles. The number of benzene rings is 2.